The van der Waals surface area contributed by atoms with Gasteiger partial charge in [-0.1, -0.05) is 26.7 Å². The largest absolute Gasteiger partial charge is 0.357 e. The third-order valence-corrected chi connectivity index (χ3v) is 3.04. The molecule has 0 bridgehead atoms. The molecule has 0 fully saturated rings. The van der Waals surface area contributed by atoms with Gasteiger partial charge in [-0.15, -0.1) is 24.0 Å². The number of hydrogen-bond donors (Lipinski definition) is 2. The third kappa shape index (κ3) is 9.71. The maximum atomic E-state index is 4.64. The van der Waals surface area contributed by atoms with E-state index in [2.05, 4.69) is 41.5 Å². The molecule has 0 amide bonds. The number of nitrogens with one attached hydrogen (secondary N) is 2. The van der Waals surface area contributed by atoms with Crippen molar-refractivity contribution < 1.29 is 0 Å². The highest BCUT2D eigenvalue weighted by Crippen LogP contribution is 2.00. The van der Waals surface area contributed by atoms with Crippen LogP contribution in [0.1, 0.15) is 40.0 Å². The maximum Gasteiger partial charge on any atom is 0.191 e. The van der Waals surface area contributed by atoms with Gasteiger partial charge in [0.15, 0.2) is 5.96 Å². The molecule has 1 heterocycles. The highest BCUT2D eigenvalue weighted by atomic mass is 127. The molecule has 1 aromatic heterocycles. The Balaban J connectivity index is 0.00000400. The van der Waals surface area contributed by atoms with Gasteiger partial charge in [0.1, 0.15) is 0 Å². The van der Waals surface area contributed by atoms with E-state index in [9.17, 15) is 0 Å². The molecule has 0 aliphatic heterocycles. The Kier molecular flexibility index (Phi) is 12.4. The summed E-state index contributed by atoms with van der Waals surface area (Å²) in [7, 11) is 0. The number of nitrogens with zero attached hydrogens (tertiary/aromatic N) is 3. The van der Waals surface area contributed by atoms with E-state index in [1.54, 1.807) is 0 Å². The minimum absolute atomic E-state index is 0. The average molecular weight is 407 g/mol. The van der Waals surface area contributed by atoms with Crippen molar-refractivity contribution in [2.45, 2.75) is 46.6 Å². The monoisotopic (exact) mass is 407 g/mol. The maximum absolute atomic E-state index is 4.64. The summed E-state index contributed by atoms with van der Waals surface area (Å²) >= 11 is 0. The van der Waals surface area contributed by atoms with Crippen LogP contribution < -0.4 is 10.6 Å². The number of unbranched alkanes of at least 4 members (excludes halogenated alkanes) is 2. The number of halogens is 1. The van der Waals surface area contributed by atoms with Crippen molar-refractivity contribution in [3.8, 4) is 0 Å². The molecule has 0 spiro atoms. The van der Waals surface area contributed by atoms with Crippen molar-refractivity contribution in [2.24, 2.45) is 10.9 Å². The Morgan fingerprint density at radius 3 is 2.71 bits per heavy atom. The molecular weight excluding hydrogens is 377 g/mol. The molecule has 21 heavy (non-hydrogen) atoms. The van der Waals surface area contributed by atoms with Gasteiger partial charge in [0, 0.05) is 38.6 Å². The Bertz CT molecular complexity index is 364. The summed E-state index contributed by atoms with van der Waals surface area (Å²) in [5.41, 5.74) is 0. The lowest BCUT2D eigenvalue weighted by Gasteiger charge is -2.13. The average Bonchev–Trinajstić information content (AvgIpc) is 2.93. The molecule has 6 heteroatoms. The smallest absolute Gasteiger partial charge is 0.191 e. The summed E-state index contributed by atoms with van der Waals surface area (Å²) in [6.07, 6.45) is 7.52. The van der Waals surface area contributed by atoms with E-state index in [4.69, 9.17) is 0 Å². The second-order valence-corrected chi connectivity index (χ2v) is 5.19. The van der Waals surface area contributed by atoms with Crippen molar-refractivity contribution in [3.63, 3.8) is 0 Å². The van der Waals surface area contributed by atoms with Gasteiger partial charge in [0.25, 0.3) is 0 Å². The summed E-state index contributed by atoms with van der Waals surface area (Å²) in [6.45, 7) is 10.1. The summed E-state index contributed by atoms with van der Waals surface area (Å²) in [5.74, 6) is 1.40. The zero-order valence-corrected chi connectivity index (χ0v) is 15.8. The predicted molar refractivity (Wildman–Crippen MR) is 100 cm³/mol. The van der Waals surface area contributed by atoms with Crippen molar-refractivity contribution >= 4 is 29.9 Å². The molecule has 5 nitrogen and oxygen atoms in total. The van der Waals surface area contributed by atoms with Crippen LogP contribution in [-0.4, -0.2) is 35.4 Å². The fourth-order valence-electron chi connectivity index (χ4n) is 1.96. The van der Waals surface area contributed by atoms with E-state index in [0.717, 1.165) is 32.1 Å². The van der Waals surface area contributed by atoms with Crippen molar-refractivity contribution in [3.05, 3.63) is 18.5 Å². The Morgan fingerprint density at radius 1 is 1.29 bits per heavy atom. The van der Waals surface area contributed by atoms with E-state index in [1.165, 1.54) is 19.3 Å². The Labute approximate surface area is 146 Å². The van der Waals surface area contributed by atoms with Gasteiger partial charge in [-0.25, -0.2) is 0 Å². The van der Waals surface area contributed by atoms with Crippen molar-refractivity contribution in [1.82, 2.24) is 20.4 Å². The standard InChI is InChI=1S/C15H29N5.HI/c1-4-6-7-9-17-15(16-5-2)18-12-14(3)13-20-11-8-10-19-20;/h8,10-11,14H,4-7,9,12-13H2,1-3H3,(H2,16,17,18);1H. The number of aliphatic imine (C=N–C) groups is 1. The normalized spacial score (nSPS) is 12.6. The second kappa shape index (κ2) is 12.9. The quantitative estimate of drug-likeness (QED) is 0.287. The van der Waals surface area contributed by atoms with Crippen LogP contribution in [0.5, 0.6) is 0 Å². The van der Waals surface area contributed by atoms with Gasteiger partial charge in [-0.3, -0.25) is 9.67 Å². The molecule has 1 aromatic rings. The van der Waals surface area contributed by atoms with E-state index < -0.39 is 0 Å². The van der Waals surface area contributed by atoms with Crippen molar-refractivity contribution in [2.75, 3.05) is 19.6 Å². The van der Waals surface area contributed by atoms with E-state index in [-0.39, 0.29) is 24.0 Å². The third-order valence-electron chi connectivity index (χ3n) is 3.04. The highest BCUT2D eigenvalue weighted by Gasteiger charge is 2.04. The van der Waals surface area contributed by atoms with Crippen LogP contribution in [0, 0.1) is 5.92 Å². The van der Waals surface area contributed by atoms with Crippen LogP contribution in [0.15, 0.2) is 23.5 Å². The minimum atomic E-state index is 0. The van der Waals surface area contributed by atoms with Gasteiger partial charge >= 0.3 is 0 Å². The van der Waals surface area contributed by atoms with Gasteiger partial charge in [-0.05, 0) is 25.3 Å². The zero-order chi connectivity index (χ0) is 14.6. The number of aromatic nitrogens is 2. The van der Waals surface area contributed by atoms with Crippen LogP contribution in [0.2, 0.25) is 0 Å². The van der Waals surface area contributed by atoms with Crippen LogP contribution in [0.25, 0.3) is 0 Å². The molecule has 1 atom stereocenters. The lowest BCUT2D eigenvalue weighted by Crippen LogP contribution is -2.38. The van der Waals surface area contributed by atoms with E-state index in [1.807, 2.05) is 23.1 Å². The van der Waals surface area contributed by atoms with Gasteiger partial charge in [-0.2, -0.15) is 5.10 Å². The molecule has 0 saturated carbocycles. The molecule has 1 unspecified atom stereocenters. The fourth-order valence-corrected chi connectivity index (χ4v) is 1.96. The summed E-state index contributed by atoms with van der Waals surface area (Å²) < 4.78 is 1.96. The number of guanidine groups is 1. The molecule has 1 rings (SSSR count). The topological polar surface area (TPSA) is 54.2 Å². The first-order valence-electron chi connectivity index (χ1n) is 7.75. The van der Waals surface area contributed by atoms with Crippen LogP contribution in [0.4, 0.5) is 0 Å². The fraction of sp³-hybridized carbons (Fsp3) is 0.733. The Hall–Kier alpha value is -0.790. The molecular formula is C15H30IN5. The molecule has 122 valence electrons. The van der Waals surface area contributed by atoms with E-state index >= 15 is 0 Å². The lowest BCUT2D eigenvalue weighted by molar-refractivity contribution is 0.458. The minimum Gasteiger partial charge on any atom is -0.357 e. The first-order chi connectivity index (χ1) is 9.76. The van der Waals surface area contributed by atoms with Gasteiger partial charge in [0.05, 0.1) is 0 Å². The van der Waals surface area contributed by atoms with Crippen LogP contribution >= 0.6 is 24.0 Å². The second-order valence-electron chi connectivity index (χ2n) is 5.19. The Morgan fingerprint density at radius 2 is 2.10 bits per heavy atom. The van der Waals surface area contributed by atoms with Crippen LogP contribution in [0.3, 0.4) is 0 Å². The highest BCUT2D eigenvalue weighted by molar-refractivity contribution is 14.0. The summed E-state index contributed by atoms with van der Waals surface area (Å²) in [6, 6.07) is 1.95. The molecule has 2 N–H and O–H groups in total. The van der Waals surface area contributed by atoms with E-state index in [0.29, 0.717) is 5.92 Å². The summed E-state index contributed by atoms with van der Waals surface area (Å²) in [4.78, 5) is 4.64. The lowest BCUT2D eigenvalue weighted by atomic mass is 10.2. The first kappa shape index (κ1) is 20.2. The predicted octanol–water partition coefficient (Wildman–Crippen LogP) is 2.88. The first-order valence-corrected chi connectivity index (χ1v) is 7.75. The molecule has 0 saturated heterocycles. The van der Waals surface area contributed by atoms with Crippen LogP contribution in [-0.2, 0) is 6.54 Å². The number of rotatable bonds is 9. The van der Waals surface area contributed by atoms with Gasteiger partial charge in [0.2, 0.25) is 0 Å². The van der Waals surface area contributed by atoms with Gasteiger partial charge < -0.3 is 10.6 Å². The summed E-state index contributed by atoms with van der Waals surface area (Å²) in [5, 5.41) is 10.9. The molecule has 0 aliphatic rings. The zero-order valence-electron chi connectivity index (χ0n) is 13.5. The molecule has 0 radical (unpaired) electrons. The molecule has 0 aliphatic carbocycles. The SMILES string of the molecule is CCCCCNC(=NCC(C)Cn1cccn1)NCC.I. The van der Waals surface area contributed by atoms with Crippen molar-refractivity contribution in [1.29, 1.82) is 0 Å². The number of hydrogen-bond acceptors (Lipinski definition) is 2. The molecule has 0 aromatic carbocycles.